The van der Waals surface area contributed by atoms with E-state index in [1.54, 1.807) is 10.7 Å². The van der Waals surface area contributed by atoms with Gasteiger partial charge in [-0.15, -0.1) is 0 Å². The second-order valence-electron chi connectivity index (χ2n) is 3.87. The van der Waals surface area contributed by atoms with Crippen LogP contribution in [0.3, 0.4) is 0 Å². The minimum Gasteiger partial charge on any atom is -0.476 e. The van der Waals surface area contributed by atoms with Gasteiger partial charge in [-0.3, -0.25) is 4.68 Å². The van der Waals surface area contributed by atoms with Gasteiger partial charge in [0.15, 0.2) is 5.69 Å². The van der Waals surface area contributed by atoms with E-state index in [-0.39, 0.29) is 12.3 Å². The van der Waals surface area contributed by atoms with Crippen LogP contribution in [0.15, 0.2) is 6.07 Å². The fourth-order valence-corrected chi connectivity index (χ4v) is 1.43. The van der Waals surface area contributed by atoms with Crippen LogP contribution in [-0.2, 0) is 13.0 Å². The van der Waals surface area contributed by atoms with Gasteiger partial charge in [0.2, 0.25) is 0 Å². The van der Waals surface area contributed by atoms with Gasteiger partial charge >= 0.3 is 5.97 Å². The van der Waals surface area contributed by atoms with Gasteiger partial charge < -0.3 is 10.2 Å². The molecule has 0 spiro atoms. The molecule has 0 saturated heterocycles. The highest BCUT2D eigenvalue weighted by Gasteiger charge is 2.13. The zero-order valence-corrected chi connectivity index (χ0v) is 8.97. The van der Waals surface area contributed by atoms with Crippen LogP contribution in [-0.4, -0.2) is 32.6 Å². The van der Waals surface area contributed by atoms with Gasteiger partial charge in [-0.25, -0.2) is 4.79 Å². The van der Waals surface area contributed by atoms with E-state index in [4.69, 9.17) is 10.2 Å². The molecule has 0 radical (unpaired) electrons. The van der Waals surface area contributed by atoms with Crippen LogP contribution in [0.5, 0.6) is 0 Å². The molecular formula is C10H16N2O3. The maximum Gasteiger partial charge on any atom is 0.356 e. The van der Waals surface area contributed by atoms with Crippen LogP contribution < -0.4 is 0 Å². The van der Waals surface area contributed by atoms with E-state index >= 15 is 0 Å². The van der Waals surface area contributed by atoms with Gasteiger partial charge in [-0.05, 0) is 18.4 Å². The average molecular weight is 212 g/mol. The Balaban J connectivity index is 2.94. The molecule has 1 rings (SSSR count). The molecule has 0 amide bonds. The number of aliphatic hydroxyl groups excluding tert-OH is 1. The summed E-state index contributed by atoms with van der Waals surface area (Å²) in [4.78, 5) is 10.7. The van der Waals surface area contributed by atoms with Crippen molar-refractivity contribution in [3.63, 3.8) is 0 Å². The van der Waals surface area contributed by atoms with Crippen LogP contribution in [0, 0.1) is 5.92 Å². The third-order valence-electron chi connectivity index (χ3n) is 2.01. The van der Waals surface area contributed by atoms with Crippen molar-refractivity contribution in [2.24, 2.45) is 5.92 Å². The summed E-state index contributed by atoms with van der Waals surface area (Å²) in [5, 5.41) is 21.5. The summed E-state index contributed by atoms with van der Waals surface area (Å²) >= 11 is 0. The molecule has 1 aromatic heterocycles. The predicted molar refractivity (Wildman–Crippen MR) is 54.8 cm³/mol. The van der Waals surface area contributed by atoms with Gasteiger partial charge in [-0.1, -0.05) is 13.8 Å². The molecule has 1 aromatic rings. The maximum absolute atomic E-state index is 10.7. The summed E-state index contributed by atoms with van der Waals surface area (Å²) in [7, 11) is 0. The average Bonchev–Trinajstić information content (AvgIpc) is 2.48. The molecule has 0 aliphatic carbocycles. The number of carboxylic acid groups (broad SMARTS) is 1. The lowest BCUT2D eigenvalue weighted by Gasteiger charge is -2.07. The summed E-state index contributed by atoms with van der Waals surface area (Å²) < 4.78 is 1.56. The summed E-state index contributed by atoms with van der Waals surface area (Å²) in [6.45, 7) is 4.41. The summed E-state index contributed by atoms with van der Waals surface area (Å²) in [6, 6.07) is 1.57. The number of aliphatic hydroxyl groups is 1. The monoisotopic (exact) mass is 212 g/mol. The number of nitrogens with zero attached hydrogens (tertiary/aromatic N) is 2. The van der Waals surface area contributed by atoms with E-state index in [1.807, 2.05) is 0 Å². The number of carbonyl (C=O) groups is 1. The Morgan fingerprint density at radius 1 is 1.60 bits per heavy atom. The molecule has 0 aliphatic rings. The van der Waals surface area contributed by atoms with Crippen LogP contribution in [0.1, 0.15) is 30.0 Å². The first kappa shape index (κ1) is 11.7. The summed E-state index contributed by atoms with van der Waals surface area (Å²) in [5.41, 5.74) is 0.899. The van der Waals surface area contributed by atoms with E-state index in [9.17, 15) is 4.79 Å². The Morgan fingerprint density at radius 3 is 2.73 bits per heavy atom. The molecule has 0 aliphatic heterocycles. The van der Waals surface area contributed by atoms with Crippen molar-refractivity contribution in [2.75, 3.05) is 6.61 Å². The Morgan fingerprint density at radius 2 is 2.27 bits per heavy atom. The quantitative estimate of drug-likeness (QED) is 0.756. The van der Waals surface area contributed by atoms with Crippen LogP contribution in [0.25, 0.3) is 0 Å². The predicted octanol–water partition coefficient (Wildman–Crippen LogP) is 0.772. The van der Waals surface area contributed by atoms with Crippen LogP contribution in [0.4, 0.5) is 0 Å². The van der Waals surface area contributed by atoms with Gasteiger partial charge in [0.05, 0.1) is 13.2 Å². The van der Waals surface area contributed by atoms with Crippen molar-refractivity contribution >= 4 is 5.97 Å². The maximum atomic E-state index is 10.7. The fourth-order valence-electron chi connectivity index (χ4n) is 1.43. The number of rotatable bonds is 5. The smallest absolute Gasteiger partial charge is 0.356 e. The Bertz CT molecular complexity index is 344. The second-order valence-corrected chi connectivity index (χ2v) is 3.87. The zero-order chi connectivity index (χ0) is 11.4. The van der Waals surface area contributed by atoms with E-state index in [0.717, 1.165) is 12.1 Å². The first-order valence-corrected chi connectivity index (χ1v) is 4.95. The number of hydrogen-bond donors (Lipinski definition) is 2. The van der Waals surface area contributed by atoms with E-state index in [0.29, 0.717) is 12.5 Å². The Labute approximate surface area is 88.3 Å². The van der Waals surface area contributed by atoms with Gasteiger partial charge in [0, 0.05) is 5.69 Å². The lowest BCUT2D eigenvalue weighted by Crippen LogP contribution is -2.10. The highest BCUT2D eigenvalue weighted by atomic mass is 16.4. The topological polar surface area (TPSA) is 75.3 Å². The highest BCUT2D eigenvalue weighted by molar-refractivity contribution is 5.85. The van der Waals surface area contributed by atoms with Gasteiger partial charge in [0.1, 0.15) is 0 Å². The zero-order valence-electron chi connectivity index (χ0n) is 8.97. The largest absolute Gasteiger partial charge is 0.476 e. The molecule has 0 saturated carbocycles. The van der Waals surface area contributed by atoms with Gasteiger partial charge in [-0.2, -0.15) is 5.10 Å². The van der Waals surface area contributed by atoms with E-state index < -0.39 is 5.97 Å². The normalized spacial score (nSPS) is 10.9. The fraction of sp³-hybridized carbons (Fsp3) is 0.600. The third-order valence-corrected chi connectivity index (χ3v) is 2.01. The number of aromatic nitrogens is 2. The molecule has 5 nitrogen and oxygen atoms in total. The Hall–Kier alpha value is -1.36. The van der Waals surface area contributed by atoms with Crippen molar-refractivity contribution in [3.05, 3.63) is 17.5 Å². The number of carboxylic acids is 1. The van der Waals surface area contributed by atoms with Crippen molar-refractivity contribution in [1.82, 2.24) is 9.78 Å². The van der Waals surface area contributed by atoms with Gasteiger partial charge in [0.25, 0.3) is 0 Å². The van der Waals surface area contributed by atoms with Crippen molar-refractivity contribution in [1.29, 1.82) is 0 Å². The minimum atomic E-state index is -1.03. The van der Waals surface area contributed by atoms with E-state index in [2.05, 4.69) is 18.9 Å². The SMILES string of the molecule is CC(C)Cc1cc(C(=O)O)nn1CCO. The molecule has 2 N–H and O–H groups in total. The lowest BCUT2D eigenvalue weighted by molar-refractivity contribution is 0.0689. The van der Waals surface area contributed by atoms with Crippen molar-refractivity contribution in [3.8, 4) is 0 Å². The second kappa shape index (κ2) is 4.93. The van der Waals surface area contributed by atoms with Crippen LogP contribution in [0.2, 0.25) is 0 Å². The summed E-state index contributed by atoms with van der Waals surface area (Å²) in [5.74, 6) is -0.600. The molecule has 0 fully saturated rings. The lowest BCUT2D eigenvalue weighted by atomic mass is 10.1. The number of aromatic carboxylic acids is 1. The standard InChI is InChI=1S/C10H16N2O3/c1-7(2)5-8-6-9(10(14)15)11-12(8)3-4-13/h6-7,13H,3-5H2,1-2H3,(H,14,15). The molecule has 15 heavy (non-hydrogen) atoms. The third kappa shape index (κ3) is 3.06. The van der Waals surface area contributed by atoms with Crippen LogP contribution >= 0.6 is 0 Å². The summed E-state index contributed by atoms with van der Waals surface area (Å²) in [6.07, 6.45) is 0.764. The molecule has 0 aromatic carbocycles. The Kier molecular flexibility index (Phi) is 3.85. The highest BCUT2D eigenvalue weighted by Crippen LogP contribution is 2.10. The molecule has 0 atom stereocenters. The molecule has 1 heterocycles. The molecule has 0 bridgehead atoms. The first-order chi connectivity index (χ1) is 7.04. The number of hydrogen-bond acceptors (Lipinski definition) is 3. The molecule has 5 heteroatoms. The molecule has 0 unspecified atom stereocenters. The molecule has 84 valence electrons. The van der Waals surface area contributed by atoms with Crippen molar-refractivity contribution in [2.45, 2.75) is 26.8 Å². The van der Waals surface area contributed by atoms with E-state index in [1.165, 1.54) is 0 Å². The molecular weight excluding hydrogens is 196 g/mol. The van der Waals surface area contributed by atoms with Crippen molar-refractivity contribution < 1.29 is 15.0 Å². The minimum absolute atomic E-state index is 0.0359. The first-order valence-electron chi connectivity index (χ1n) is 4.95.